The number of nitrogens with zero attached hydrogens (tertiary/aromatic N) is 2. The molecular weight excluding hydrogens is 426 g/mol. The first-order chi connectivity index (χ1) is 12.5. The van der Waals surface area contributed by atoms with Crippen LogP contribution in [0, 0.1) is 13.8 Å². The van der Waals surface area contributed by atoms with E-state index >= 15 is 0 Å². The van der Waals surface area contributed by atoms with Crippen molar-refractivity contribution >= 4 is 50.3 Å². The molecule has 1 N–H and O–H groups in total. The van der Waals surface area contributed by atoms with Crippen molar-refractivity contribution in [2.45, 2.75) is 25.9 Å². The topological polar surface area (TPSA) is 28.2 Å². The fraction of sp³-hybridized carbons (Fsp3) is 0.200. The third kappa shape index (κ3) is 3.17. The zero-order valence-corrected chi connectivity index (χ0v) is 17.7. The highest BCUT2D eigenvalue weighted by Crippen LogP contribution is 2.44. The highest BCUT2D eigenvalue weighted by atomic mass is 79.9. The van der Waals surface area contributed by atoms with Crippen LogP contribution in [-0.4, -0.2) is 10.1 Å². The number of anilines is 1. The zero-order valence-electron chi connectivity index (χ0n) is 14.4. The molecule has 0 radical (unpaired) electrons. The van der Waals surface area contributed by atoms with Gasteiger partial charge in [-0.3, -0.25) is 4.98 Å². The lowest BCUT2D eigenvalue weighted by molar-refractivity contribution is 0.575. The summed E-state index contributed by atoms with van der Waals surface area (Å²) in [6.07, 6.45) is 1.83. The maximum absolute atomic E-state index is 5.74. The number of nitrogens with one attached hydrogen (secondary N) is 1. The minimum atomic E-state index is 0.0101. The van der Waals surface area contributed by atoms with E-state index in [1.807, 2.05) is 18.3 Å². The Hall–Kier alpha value is -1.76. The second kappa shape index (κ2) is 7.10. The van der Waals surface area contributed by atoms with Crippen molar-refractivity contribution in [3.8, 4) is 0 Å². The molecule has 1 aliphatic heterocycles. The lowest BCUT2D eigenvalue weighted by atomic mass is 10.0. The summed E-state index contributed by atoms with van der Waals surface area (Å²) >= 11 is 11.1. The van der Waals surface area contributed by atoms with Gasteiger partial charge in [-0.2, -0.15) is 0 Å². The molecule has 6 heteroatoms. The van der Waals surface area contributed by atoms with Gasteiger partial charge in [0.2, 0.25) is 0 Å². The summed E-state index contributed by atoms with van der Waals surface area (Å²) in [5.41, 5.74) is 4.65. The predicted molar refractivity (Wildman–Crippen MR) is 116 cm³/mol. The molecule has 1 aliphatic rings. The number of aromatic nitrogens is 1. The molecule has 3 heterocycles. The predicted octanol–water partition coefficient (Wildman–Crippen LogP) is 5.70. The van der Waals surface area contributed by atoms with Gasteiger partial charge in [0.25, 0.3) is 0 Å². The molecular formula is C20H18BrN3S2. The van der Waals surface area contributed by atoms with Gasteiger partial charge in [0, 0.05) is 26.6 Å². The highest BCUT2D eigenvalue weighted by molar-refractivity contribution is 9.10. The minimum absolute atomic E-state index is 0.0101. The summed E-state index contributed by atoms with van der Waals surface area (Å²) in [5.74, 6) is 0. The van der Waals surface area contributed by atoms with Gasteiger partial charge in [-0.1, -0.05) is 12.1 Å². The first-order valence-corrected chi connectivity index (χ1v) is 10.4. The van der Waals surface area contributed by atoms with E-state index in [0.29, 0.717) is 0 Å². The number of thiocarbonyl (C=S) groups is 1. The Bertz CT molecular complexity index is 955. The number of rotatable bonds is 3. The lowest BCUT2D eigenvalue weighted by Crippen LogP contribution is -2.29. The van der Waals surface area contributed by atoms with Crippen LogP contribution in [0.2, 0.25) is 0 Å². The van der Waals surface area contributed by atoms with Crippen LogP contribution in [-0.2, 0) is 0 Å². The minimum Gasteiger partial charge on any atom is -0.351 e. The van der Waals surface area contributed by atoms with Gasteiger partial charge < -0.3 is 10.2 Å². The van der Waals surface area contributed by atoms with E-state index in [9.17, 15) is 0 Å². The molecule has 1 aromatic carbocycles. The Kier molecular flexibility index (Phi) is 4.82. The van der Waals surface area contributed by atoms with Gasteiger partial charge in [-0.05, 0) is 83.5 Å². The van der Waals surface area contributed by atoms with Crippen LogP contribution in [0.15, 0.2) is 58.5 Å². The van der Waals surface area contributed by atoms with Gasteiger partial charge in [0.05, 0.1) is 17.8 Å². The fourth-order valence-electron chi connectivity index (χ4n) is 3.28. The lowest BCUT2D eigenvalue weighted by Gasteiger charge is -2.27. The molecule has 3 aromatic rings. The van der Waals surface area contributed by atoms with E-state index in [0.717, 1.165) is 21.0 Å². The number of thiophene rings is 1. The Balaban J connectivity index is 1.83. The quantitative estimate of drug-likeness (QED) is 0.525. The van der Waals surface area contributed by atoms with E-state index in [1.54, 1.807) is 11.3 Å². The van der Waals surface area contributed by atoms with Crippen molar-refractivity contribution in [2.24, 2.45) is 0 Å². The van der Waals surface area contributed by atoms with Crippen LogP contribution in [0.1, 0.15) is 33.8 Å². The molecule has 2 atom stereocenters. The summed E-state index contributed by atoms with van der Waals surface area (Å²) in [7, 11) is 0. The molecule has 0 amide bonds. The molecule has 0 aliphatic carbocycles. The van der Waals surface area contributed by atoms with Crippen LogP contribution in [0.4, 0.5) is 5.69 Å². The SMILES string of the molecule is Cc1ccc(N2C(=S)N[C@@H](c3ccccn3)[C@@H]2c2cc(Br)cs2)cc1C. The van der Waals surface area contributed by atoms with E-state index in [-0.39, 0.29) is 12.1 Å². The van der Waals surface area contributed by atoms with Gasteiger partial charge in [0.1, 0.15) is 0 Å². The Morgan fingerprint density at radius 1 is 1.15 bits per heavy atom. The number of hydrogen-bond acceptors (Lipinski definition) is 3. The Labute approximate surface area is 171 Å². The van der Waals surface area contributed by atoms with E-state index in [4.69, 9.17) is 12.2 Å². The number of halogens is 1. The summed E-state index contributed by atoms with van der Waals surface area (Å²) in [6.45, 7) is 4.27. The van der Waals surface area contributed by atoms with Crippen molar-refractivity contribution < 1.29 is 0 Å². The third-order valence-electron chi connectivity index (χ3n) is 4.75. The van der Waals surface area contributed by atoms with Gasteiger partial charge in [-0.25, -0.2) is 0 Å². The molecule has 4 rings (SSSR count). The fourth-order valence-corrected chi connectivity index (χ4v) is 5.20. The largest absolute Gasteiger partial charge is 0.351 e. The van der Waals surface area contributed by atoms with Crippen LogP contribution in [0.25, 0.3) is 0 Å². The molecule has 2 aromatic heterocycles. The van der Waals surface area contributed by atoms with Crippen LogP contribution in [0.5, 0.6) is 0 Å². The van der Waals surface area contributed by atoms with Crippen molar-refractivity contribution in [1.82, 2.24) is 10.3 Å². The van der Waals surface area contributed by atoms with Gasteiger partial charge in [-0.15, -0.1) is 11.3 Å². The summed E-state index contributed by atoms with van der Waals surface area (Å²) in [5, 5.41) is 6.35. The van der Waals surface area contributed by atoms with Gasteiger partial charge >= 0.3 is 0 Å². The molecule has 0 bridgehead atoms. The number of aryl methyl sites for hydroxylation is 2. The van der Waals surface area contributed by atoms with Crippen molar-refractivity contribution in [2.75, 3.05) is 4.90 Å². The second-order valence-electron chi connectivity index (χ2n) is 6.43. The van der Waals surface area contributed by atoms with Crippen LogP contribution in [0.3, 0.4) is 0 Å². The van der Waals surface area contributed by atoms with E-state index in [2.05, 4.69) is 80.7 Å². The Morgan fingerprint density at radius 2 is 2.00 bits per heavy atom. The standard InChI is InChI=1S/C20H18BrN3S2/c1-12-6-7-15(9-13(12)2)24-19(17-10-14(21)11-26-17)18(23-20(24)25)16-5-3-4-8-22-16/h3-11,18-19H,1-2H3,(H,23,25)/t18-,19-/m0/s1. The Morgan fingerprint density at radius 3 is 2.65 bits per heavy atom. The van der Waals surface area contributed by atoms with Gasteiger partial charge in [0.15, 0.2) is 5.11 Å². The smallest absolute Gasteiger partial charge is 0.174 e. The monoisotopic (exact) mass is 443 g/mol. The number of hydrogen-bond donors (Lipinski definition) is 1. The zero-order chi connectivity index (χ0) is 18.3. The van der Waals surface area contributed by atoms with E-state index < -0.39 is 0 Å². The first-order valence-electron chi connectivity index (χ1n) is 8.36. The summed E-state index contributed by atoms with van der Waals surface area (Å²) < 4.78 is 1.09. The van der Waals surface area contributed by atoms with E-state index in [1.165, 1.54) is 16.0 Å². The van der Waals surface area contributed by atoms with Crippen molar-refractivity contribution in [3.63, 3.8) is 0 Å². The summed E-state index contributed by atoms with van der Waals surface area (Å²) in [6, 6.07) is 14.8. The number of pyridine rings is 1. The van der Waals surface area contributed by atoms with Crippen molar-refractivity contribution in [3.05, 3.63) is 80.2 Å². The van der Waals surface area contributed by atoms with Crippen LogP contribution < -0.4 is 10.2 Å². The normalized spacial score (nSPS) is 19.7. The highest BCUT2D eigenvalue weighted by Gasteiger charge is 2.41. The third-order valence-corrected chi connectivity index (χ3v) is 6.82. The average molecular weight is 444 g/mol. The molecule has 0 saturated carbocycles. The van der Waals surface area contributed by atoms with Crippen molar-refractivity contribution in [1.29, 1.82) is 0 Å². The number of benzene rings is 1. The van der Waals surface area contributed by atoms with Crippen LogP contribution >= 0.6 is 39.5 Å². The molecule has 1 saturated heterocycles. The molecule has 0 spiro atoms. The maximum atomic E-state index is 5.74. The molecule has 3 nitrogen and oxygen atoms in total. The molecule has 132 valence electrons. The summed E-state index contributed by atoms with van der Waals surface area (Å²) in [4.78, 5) is 8.05. The second-order valence-corrected chi connectivity index (χ2v) is 8.68. The molecule has 0 unspecified atom stereocenters. The molecule has 26 heavy (non-hydrogen) atoms. The first kappa shape index (κ1) is 17.6. The maximum Gasteiger partial charge on any atom is 0.174 e. The molecule has 1 fully saturated rings. The average Bonchev–Trinajstić information content (AvgIpc) is 3.21.